The predicted molar refractivity (Wildman–Crippen MR) is 123 cm³/mol. The van der Waals surface area contributed by atoms with Crippen LogP contribution in [-0.2, 0) is 20.8 Å². The summed E-state index contributed by atoms with van der Waals surface area (Å²) in [5.41, 5.74) is 2.14. The minimum Gasteiger partial charge on any atom is -0.493 e. The van der Waals surface area contributed by atoms with Gasteiger partial charge in [-0.3, -0.25) is 9.69 Å². The third-order valence-electron chi connectivity index (χ3n) is 5.96. The lowest BCUT2D eigenvalue weighted by molar-refractivity contribution is -0.119. The number of ketones is 1. The maximum Gasteiger partial charge on any atom is 0.161 e. The van der Waals surface area contributed by atoms with Crippen molar-refractivity contribution >= 4 is 5.78 Å². The Labute approximate surface area is 182 Å². The van der Waals surface area contributed by atoms with Gasteiger partial charge in [0.1, 0.15) is 0 Å². The van der Waals surface area contributed by atoms with Crippen molar-refractivity contribution in [3.63, 3.8) is 0 Å². The number of Topliss-reactive ketones (excluding diaryl/α,β-unsaturated/α-hetero) is 1. The number of likely N-dealkylation sites (tertiary alicyclic amines) is 1. The van der Waals surface area contributed by atoms with Gasteiger partial charge in [0.2, 0.25) is 0 Å². The fourth-order valence-corrected chi connectivity index (χ4v) is 4.17. The molecule has 2 rings (SSSR count). The number of carbonyl (C=O) groups is 1. The highest BCUT2D eigenvalue weighted by Crippen LogP contribution is 2.27. The van der Waals surface area contributed by atoms with Gasteiger partial charge in [0.25, 0.3) is 0 Å². The predicted octanol–water partition coefficient (Wildman–Crippen LogP) is 5.52. The van der Waals surface area contributed by atoms with Crippen LogP contribution in [0.2, 0.25) is 0 Å². The first-order chi connectivity index (χ1) is 14.5. The Morgan fingerprint density at radius 3 is 2.33 bits per heavy atom. The first-order valence-corrected chi connectivity index (χ1v) is 11.0. The van der Waals surface area contributed by atoms with Crippen molar-refractivity contribution in [3.8, 4) is 0 Å². The lowest BCUT2D eigenvalue weighted by Crippen LogP contribution is -2.34. The van der Waals surface area contributed by atoms with Gasteiger partial charge in [0.15, 0.2) is 17.3 Å². The Hall–Kier alpha value is -2.33. The Bertz CT molecular complexity index is 743. The van der Waals surface area contributed by atoms with Crippen LogP contribution in [0.25, 0.3) is 0 Å². The summed E-state index contributed by atoms with van der Waals surface area (Å²) in [5.74, 6) is 1.90. The highest BCUT2D eigenvalue weighted by Gasteiger charge is 2.25. The molecular formula is C26H37NO3. The molecule has 0 N–H and O–H groups in total. The molecule has 0 amide bonds. The molecule has 1 atom stereocenters. The van der Waals surface area contributed by atoms with E-state index in [9.17, 15) is 4.79 Å². The molecule has 1 fully saturated rings. The highest BCUT2D eigenvalue weighted by atomic mass is 16.5. The Kier molecular flexibility index (Phi) is 9.88. The van der Waals surface area contributed by atoms with E-state index in [2.05, 4.69) is 48.7 Å². The quantitative estimate of drug-likeness (QED) is 0.273. The Balaban J connectivity index is 1.92. The van der Waals surface area contributed by atoms with Gasteiger partial charge >= 0.3 is 0 Å². The van der Waals surface area contributed by atoms with E-state index in [4.69, 9.17) is 9.47 Å². The van der Waals surface area contributed by atoms with E-state index in [1.54, 1.807) is 20.3 Å². The fraction of sp³-hybridized carbons (Fsp3) is 0.500. The van der Waals surface area contributed by atoms with Gasteiger partial charge in [-0.05, 0) is 68.0 Å². The van der Waals surface area contributed by atoms with E-state index >= 15 is 0 Å². The first-order valence-electron chi connectivity index (χ1n) is 11.0. The van der Waals surface area contributed by atoms with E-state index in [0.29, 0.717) is 23.9 Å². The smallest absolute Gasteiger partial charge is 0.161 e. The van der Waals surface area contributed by atoms with Crippen LogP contribution in [0.3, 0.4) is 0 Å². The van der Waals surface area contributed by atoms with Crippen LogP contribution in [0.4, 0.5) is 0 Å². The maximum absolute atomic E-state index is 13.1. The minimum atomic E-state index is 0.00899. The summed E-state index contributed by atoms with van der Waals surface area (Å²) >= 11 is 0. The number of benzene rings is 1. The summed E-state index contributed by atoms with van der Waals surface area (Å²) in [7, 11) is 3.16. The SMILES string of the molecule is C=C/C(OC)=C(\C=C(/CC)C(=O)C(C)CC1CCN(Cc2ccccc2)CC1)OC. The van der Waals surface area contributed by atoms with Gasteiger partial charge in [-0.2, -0.15) is 0 Å². The van der Waals surface area contributed by atoms with Crippen molar-refractivity contribution in [1.82, 2.24) is 4.90 Å². The van der Waals surface area contributed by atoms with Crippen molar-refractivity contribution in [1.29, 1.82) is 0 Å². The van der Waals surface area contributed by atoms with E-state index in [-0.39, 0.29) is 11.7 Å². The molecule has 1 heterocycles. The van der Waals surface area contributed by atoms with E-state index in [1.807, 2.05) is 13.0 Å². The van der Waals surface area contributed by atoms with Crippen LogP contribution in [0, 0.1) is 11.8 Å². The monoisotopic (exact) mass is 411 g/mol. The molecule has 30 heavy (non-hydrogen) atoms. The molecular weight excluding hydrogens is 374 g/mol. The molecule has 1 saturated heterocycles. The number of rotatable bonds is 11. The number of hydrogen-bond acceptors (Lipinski definition) is 4. The second kappa shape index (κ2) is 12.4. The van der Waals surface area contributed by atoms with Gasteiger partial charge in [0.05, 0.1) is 14.2 Å². The van der Waals surface area contributed by atoms with Crippen molar-refractivity contribution in [2.75, 3.05) is 27.3 Å². The van der Waals surface area contributed by atoms with E-state index in [1.165, 1.54) is 5.56 Å². The number of ether oxygens (including phenoxy) is 2. The van der Waals surface area contributed by atoms with Crippen LogP contribution < -0.4 is 0 Å². The topological polar surface area (TPSA) is 38.8 Å². The first kappa shape index (κ1) is 23.9. The molecule has 4 nitrogen and oxygen atoms in total. The highest BCUT2D eigenvalue weighted by molar-refractivity contribution is 5.97. The summed E-state index contributed by atoms with van der Waals surface area (Å²) < 4.78 is 10.7. The average molecular weight is 412 g/mol. The standard InChI is InChI=1S/C26H37NO3/c1-6-23(18-25(30-5)24(7-2)29-4)26(28)20(3)17-21-13-15-27(16-14-21)19-22-11-9-8-10-12-22/h7-12,18,20-21H,2,6,13-17,19H2,1,3-5H3/b23-18+,25-24-. The van der Waals surface area contributed by atoms with Crippen LogP contribution in [0.15, 0.2) is 66.2 Å². The molecule has 164 valence electrons. The summed E-state index contributed by atoms with van der Waals surface area (Å²) in [4.78, 5) is 15.6. The summed E-state index contributed by atoms with van der Waals surface area (Å²) in [6.45, 7) is 11.0. The van der Waals surface area contributed by atoms with Crippen molar-refractivity contribution in [2.24, 2.45) is 11.8 Å². The number of nitrogens with zero attached hydrogens (tertiary/aromatic N) is 1. The molecule has 1 unspecified atom stereocenters. The van der Waals surface area contributed by atoms with Gasteiger partial charge in [-0.1, -0.05) is 50.8 Å². The van der Waals surface area contributed by atoms with Crippen molar-refractivity contribution in [2.45, 2.75) is 46.1 Å². The van der Waals surface area contributed by atoms with Gasteiger partial charge in [-0.25, -0.2) is 0 Å². The van der Waals surface area contributed by atoms with Gasteiger partial charge < -0.3 is 9.47 Å². The van der Waals surface area contributed by atoms with Crippen LogP contribution in [0.5, 0.6) is 0 Å². The molecule has 0 aromatic heterocycles. The van der Waals surface area contributed by atoms with E-state index < -0.39 is 0 Å². The molecule has 0 saturated carbocycles. The number of piperidine rings is 1. The van der Waals surface area contributed by atoms with Gasteiger partial charge in [-0.15, -0.1) is 0 Å². The summed E-state index contributed by atoms with van der Waals surface area (Å²) in [5, 5.41) is 0. The summed E-state index contributed by atoms with van der Waals surface area (Å²) in [6, 6.07) is 10.6. The minimum absolute atomic E-state index is 0.00899. The summed E-state index contributed by atoms with van der Waals surface area (Å²) in [6.07, 6.45) is 7.33. The third-order valence-corrected chi connectivity index (χ3v) is 5.96. The largest absolute Gasteiger partial charge is 0.493 e. The molecule has 4 heteroatoms. The number of allylic oxidation sites excluding steroid dienone is 3. The number of carbonyl (C=O) groups excluding carboxylic acids is 1. The van der Waals surface area contributed by atoms with Crippen molar-refractivity contribution in [3.05, 3.63) is 71.7 Å². The molecule has 0 spiro atoms. The van der Waals surface area contributed by atoms with Crippen molar-refractivity contribution < 1.29 is 14.3 Å². The second-order valence-electron chi connectivity index (χ2n) is 8.07. The Morgan fingerprint density at radius 1 is 1.17 bits per heavy atom. The fourth-order valence-electron chi connectivity index (χ4n) is 4.17. The molecule has 0 aliphatic carbocycles. The third kappa shape index (κ3) is 6.88. The zero-order chi connectivity index (χ0) is 21.9. The zero-order valence-corrected chi connectivity index (χ0v) is 19.0. The van der Waals surface area contributed by atoms with Crippen LogP contribution in [0.1, 0.15) is 45.1 Å². The number of hydrogen-bond donors (Lipinski definition) is 0. The van der Waals surface area contributed by atoms with E-state index in [0.717, 1.165) is 44.5 Å². The number of methoxy groups -OCH3 is 2. The molecule has 1 aromatic rings. The lowest BCUT2D eigenvalue weighted by Gasteiger charge is -2.33. The molecule has 0 radical (unpaired) electrons. The molecule has 1 aromatic carbocycles. The molecule has 0 bridgehead atoms. The molecule has 1 aliphatic heterocycles. The maximum atomic E-state index is 13.1. The van der Waals surface area contributed by atoms with Crippen LogP contribution in [-0.4, -0.2) is 38.0 Å². The normalized spacial score (nSPS) is 17.8. The molecule has 1 aliphatic rings. The Morgan fingerprint density at radius 2 is 1.80 bits per heavy atom. The average Bonchev–Trinajstić information content (AvgIpc) is 2.78. The van der Waals surface area contributed by atoms with Crippen LogP contribution >= 0.6 is 0 Å². The lowest BCUT2D eigenvalue weighted by atomic mass is 9.84. The second-order valence-corrected chi connectivity index (χ2v) is 8.07. The van der Waals surface area contributed by atoms with Gasteiger partial charge in [0, 0.05) is 12.5 Å². The zero-order valence-electron chi connectivity index (χ0n) is 19.0.